The molecule has 6 heteroatoms. The minimum Gasteiger partial charge on any atom is -0.421 e. The van der Waals surface area contributed by atoms with E-state index < -0.39 is 0 Å². The molecular formula is C13H15BrIN3O. The number of benzene rings is 1. The van der Waals surface area contributed by atoms with Gasteiger partial charge in [0.05, 0.1) is 5.56 Å². The molecule has 2 aromatic rings. The maximum absolute atomic E-state index is 5.70. The summed E-state index contributed by atoms with van der Waals surface area (Å²) in [5, 5.41) is 11.5. The first kappa shape index (κ1) is 14.9. The van der Waals surface area contributed by atoms with Gasteiger partial charge in [0.25, 0.3) is 0 Å². The summed E-state index contributed by atoms with van der Waals surface area (Å²) < 4.78 is 7.80. The zero-order valence-electron chi connectivity index (χ0n) is 10.8. The van der Waals surface area contributed by atoms with Crippen molar-refractivity contribution < 1.29 is 4.42 Å². The van der Waals surface area contributed by atoms with Crippen LogP contribution in [0.4, 0.5) is 0 Å². The molecule has 1 aromatic heterocycles. The Morgan fingerprint density at radius 1 is 1.37 bits per heavy atom. The molecule has 0 unspecified atom stereocenters. The molecule has 0 bridgehead atoms. The molecule has 4 nitrogen and oxygen atoms in total. The van der Waals surface area contributed by atoms with Crippen LogP contribution < -0.4 is 5.32 Å². The molecule has 19 heavy (non-hydrogen) atoms. The Morgan fingerprint density at radius 3 is 2.89 bits per heavy atom. The van der Waals surface area contributed by atoms with Gasteiger partial charge in [-0.15, -0.1) is 10.2 Å². The highest BCUT2D eigenvalue weighted by Gasteiger charge is 2.12. The third-order valence-electron chi connectivity index (χ3n) is 2.52. The van der Waals surface area contributed by atoms with Crippen LogP contribution in [-0.4, -0.2) is 22.8 Å². The molecule has 2 rings (SSSR count). The van der Waals surface area contributed by atoms with Crippen molar-refractivity contribution in [3.63, 3.8) is 0 Å². The molecule has 0 saturated carbocycles. The summed E-state index contributed by atoms with van der Waals surface area (Å²) in [5.74, 6) is 1.24. The van der Waals surface area contributed by atoms with Crippen LogP contribution in [0.2, 0.25) is 0 Å². The number of hydrogen-bond donors (Lipinski definition) is 1. The standard InChI is InChI=1S/C13H15BrIN3O/c1-8(2)16-6-5-12-17-18-13(19-12)10-7-9(14)3-4-11(10)15/h3-4,7-8,16H,5-6H2,1-2H3. The van der Waals surface area contributed by atoms with Crippen LogP contribution >= 0.6 is 38.5 Å². The van der Waals surface area contributed by atoms with E-state index in [0.717, 1.165) is 26.6 Å². The second kappa shape index (κ2) is 6.81. The van der Waals surface area contributed by atoms with E-state index in [-0.39, 0.29) is 0 Å². The van der Waals surface area contributed by atoms with Crippen LogP contribution in [0.15, 0.2) is 27.1 Å². The van der Waals surface area contributed by atoms with Crippen LogP contribution in [-0.2, 0) is 6.42 Å². The summed E-state index contributed by atoms with van der Waals surface area (Å²) in [6.07, 6.45) is 0.746. The van der Waals surface area contributed by atoms with Gasteiger partial charge >= 0.3 is 0 Å². The van der Waals surface area contributed by atoms with Crippen LogP contribution in [0.5, 0.6) is 0 Å². The Morgan fingerprint density at radius 2 is 2.16 bits per heavy atom. The first-order valence-electron chi connectivity index (χ1n) is 6.07. The van der Waals surface area contributed by atoms with Gasteiger partial charge in [-0.05, 0) is 40.8 Å². The topological polar surface area (TPSA) is 51.0 Å². The van der Waals surface area contributed by atoms with E-state index in [9.17, 15) is 0 Å². The minimum absolute atomic E-state index is 0.466. The van der Waals surface area contributed by atoms with E-state index in [1.165, 1.54) is 0 Å². The van der Waals surface area contributed by atoms with Crippen LogP contribution in [0, 0.1) is 3.57 Å². The number of nitrogens with zero attached hydrogens (tertiary/aromatic N) is 2. The molecule has 0 aliphatic carbocycles. The molecule has 1 aromatic carbocycles. The first-order chi connectivity index (χ1) is 9.06. The van der Waals surface area contributed by atoms with Gasteiger partial charge in [0.15, 0.2) is 0 Å². The highest BCUT2D eigenvalue weighted by molar-refractivity contribution is 14.1. The van der Waals surface area contributed by atoms with Crippen molar-refractivity contribution in [2.45, 2.75) is 26.3 Å². The fraction of sp³-hybridized carbons (Fsp3) is 0.385. The molecule has 102 valence electrons. The van der Waals surface area contributed by atoms with Crippen molar-refractivity contribution in [3.05, 3.63) is 32.1 Å². The van der Waals surface area contributed by atoms with Gasteiger partial charge in [-0.2, -0.15) is 0 Å². The second-order valence-electron chi connectivity index (χ2n) is 4.48. The minimum atomic E-state index is 0.466. The first-order valence-corrected chi connectivity index (χ1v) is 7.94. The molecule has 0 radical (unpaired) electrons. The number of hydrogen-bond acceptors (Lipinski definition) is 4. The van der Waals surface area contributed by atoms with E-state index in [1.54, 1.807) is 0 Å². The average Bonchev–Trinajstić information content (AvgIpc) is 2.80. The normalized spacial score (nSPS) is 11.2. The molecule has 0 spiro atoms. The zero-order valence-corrected chi connectivity index (χ0v) is 14.5. The highest BCUT2D eigenvalue weighted by Crippen LogP contribution is 2.27. The van der Waals surface area contributed by atoms with Crippen molar-refractivity contribution in [1.29, 1.82) is 0 Å². The Bertz CT molecular complexity index is 557. The highest BCUT2D eigenvalue weighted by atomic mass is 127. The molecular weight excluding hydrogens is 421 g/mol. The van der Waals surface area contributed by atoms with E-state index in [4.69, 9.17) is 4.42 Å². The quantitative estimate of drug-likeness (QED) is 0.728. The maximum Gasteiger partial charge on any atom is 0.248 e. The predicted molar refractivity (Wildman–Crippen MR) is 87.0 cm³/mol. The smallest absolute Gasteiger partial charge is 0.248 e. The largest absolute Gasteiger partial charge is 0.421 e. The molecule has 1 heterocycles. The van der Waals surface area contributed by atoms with E-state index in [0.29, 0.717) is 17.8 Å². The number of halogens is 2. The predicted octanol–water partition coefficient (Wildman–Crippen LogP) is 3.64. The van der Waals surface area contributed by atoms with E-state index in [2.05, 4.69) is 67.9 Å². The summed E-state index contributed by atoms with van der Waals surface area (Å²) >= 11 is 5.72. The van der Waals surface area contributed by atoms with Crippen LogP contribution in [0.25, 0.3) is 11.5 Å². The van der Waals surface area contributed by atoms with Gasteiger partial charge in [0.2, 0.25) is 11.8 Å². The van der Waals surface area contributed by atoms with Crippen molar-refractivity contribution in [2.24, 2.45) is 0 Å². The lowest BCUT2D eigenvalue weighted by molar-refractivity contribution is 0.484. The van der Waals surface area contributed by atoms with Crippen LogP contribution in [0.3, 0.4) is 0 Å². The van der Waals surface area contributed by atoms with Gasteiger partial charge in [-0.3, -0.25) is 0 Å². The molecule has 0 aliphatic heterocycles. The average molecular weight is 436 g/mol. The molecule has 0 fully saturated rings. The maximum atomic E-state index is 5.70. The van der Waals surface area contributed by atoms with Gasteiger partial charge in [-0.1, -0.05) is 29.8 Å². The molecule has 0 amide bonds. The summed E-state index contributed by atoms with van der Waals surface area (Å²) in [4.78, 5) is 0. The Labute approximate surface area is 134 Å². The lowest BCUT2D eigenvalue weighted by Crippen LogP contribution is -2.25. The van der Waals surface area contributed by atoms with Crippen molar-refractivity contribution in [3.8, 4) is 11.5 Å². The molecule has 1 N–H and O–H groups in total. The Hall–Kier alpha value is -0.470. The summed E-state index contributed by atoms with van der Waals surface area (Å²) in [6.45, 7) is 5.07. The van der Waals surface area contributed by atoms with E-state index >= 15 is 0 Å². The summed E-state index contributed by atoms with van der Waals surface area (Å²) in [5.41, 5.74) is 0.963. The number of aromatic nitrogens is 2. The summed E-state index contributed by atoms with van der Waals surface area (Å²) in [7, 11) is 0. The SMILES string of the molecule is CC(C)NCCc1nnc(-c2cc(Br)ccc2I)o1. The molecule has 0 aliphatic rings. The van der Waals surface area contributed by atoms with Gasteiger partial charge in [0, 0.05) is 27.1 Å². The third-order valence-corrected chi connectivity index (χ3v) is 3.95. The van der Waals surface area contributed by atoms with Gasteiger partial charge in [0.1, 0.15) is 0 Å². The number of nitrogens with one attached hydrogen (secondary N) is 1. The summed E-state index contributed by atoms with van der Waals surface area (Å²) in [6, 6.07) is 6.47. The zero-order chi connectivity index (χ0) is 13.8. The second-order valence-corrected chi connectivity index (χ2v) is 6.56. The fourth-order valence-corrected chi connectivity index (χ4v) is 2.52. The number of rotatable bonds is 5. The Kier molecular flexibility index (Phi) is 5.35. The monoisotopic (exact) mass is 435 g/mol. The van der Waals surface area contributed by atoms with E-state index in [1.807, 2.05) is 18.2 Å². The fourth-order valence-electron chi connectivity index (χ4n) is 1.59. The van der Waals surface area contributed by atoms with Crippen molar-refractivity contribution >= 4 is 38.5 Å². The van der Waals surface area contributed by atoms with Crippen molar-refractivity contribution in [1.82, 2.24) is 15.5 Å². The van der Waals surface area contributed by atoms with Gasteiger partial charge in [-0.25, -0.2) is 0 Å². The van der Waals surface area contributed by atoms with Crippen LogP contribution in [0.1, 0.15) is 19.7 Å². The molecule has 0 saturated heterocycles. The molecule has 0 atom stereocenters. The lowest BCUT2D eigenvalue weighted by atomic mass is 10.2. The lowest BCUT2D eigenvalue weighted by Gasteiger charge is -2.04. The van der Waals surface area contributed by atoms with Gasteiger partial charge < -0.3 is 9.73 Å². The third kappa shape index (κ3) is 4.25. The Balaban J connectivity index is 2.10. The van der Waals surface area contributed by atoms with Crippen molar-refractivity contribution in [2.75, 3.05) is 6.54 Å².